The van der Waals surface area contributed by atoms with E-state index in [4.69, 9.17) is 9.47 Å². The molecule has 2 aromatic heterocycles. The summed E-state index contributed by atoms with van der Waals surface area (Å²) in [6.07, 6.45) is 0. The van der Waals surface area contributed by atoms with E-state index in [1.165, 1.54) is 65.9 Å². The van der Waals surface area contributed by atoms with E-state index in [1.807, 2.05) is 0 Å². The molecule has 65 heavy (non-hydrogen) atoms. The van der Waals surface area contributed by atoms with Crippen LogP contribution in [0.15, 0.2) is 115 Å². The van der Waals surface area contributed by atoms with Crippen LogP contribution in [-0.2, 0) is 0 Å². The highest BCUT2D eigenvalue weighted by atomic mass is 16.5. The molecule has 5 heteroatoms. The Labute approximate surface area is 385 Å². The average Bonchev–Trinajstić information content (AvgIpc) is 3.79. The zero-order valence-corrected chi connectivity index (χ0v) is 40.2. The van der Waals surface area contributed by atoms with Crippen LogP contribution in [0.4, 0.5) is 0 Å². The summed E-state index contributed by atoms with van der Waals surface area (Å²) in [5.41, 5.74) is 18.1. The molecule has 4 nitrogen and oxygen atoms in total. The molecule has 0 unspecified atom stereocenters. The zero-order valence-electron chi connectivity index (χ0n) is 40.2. The molecule has 0 aliphatic carbocycles. The van der Waals surface area contributed by atoms with Gasteiger partial charge in [-0.3, -0.25) is 0 Å². The lowest BCUT2D eigenvalue weighted by Crippen LogP contribution is -2.58. The highest BCUT2D eigenvalue weighted by Crippen LogP contribution is 2.48. The van der Waals surface area contributed by atoms with Crippen LogP contribution in [0, 0.1) is 0 Å². The number of hydrogen-bond donors (Lipinski definition) is 0. The summed E-state index contributed by atoms with van der Waals surface area (Å²) in [6, 6.07) is 44.5. The number of rotatable bonds is 8. The van der Waals surface area contributed by atoms with Crippen LogP contribution in [0.25, 0.3) is 55.0 Å². The van der Waals surface area contributed by atoms with Crippen LogP contribution in [-0.4, -0.2) is 15.8 Å². The maximum Gasteiger partial charge on any atom is 0.260 e. The van der Waals surface area contributed by atoms with E-state index < -0.39 is 0 Å². The summed E-state index contributed by atoms with van der Waals surface area (Å²) in [5, 5.41) is 5.04. The highest BCUT2D eigenvalue weighted by molar-refractivity contribution is 6.98. The van der Waals surface area contributed by atoms with Gasteiger partial charge < -0.3 is 18.6 Å². The molecule has 4 heterocycles. The Morgan fingerprint density at radius 2 is 0.615 bits per heavy atom. The summed E-state index contributed by atoms with van der Waals surface area (Å²) in [4.78, 5) is 0. The first-order valence-electron chi connectivity index (χ1n) is 24.2. The van der Waals surface area contributed by atoms with Crippen molar-refractivity contribution in [3.63, 3.8) is 0 Å². The van der Waals surface area contributed by atoms with Gasteiger partial charge in [0.1, 0.15) is 11.5 Å². The lowest BCUT2D eigenvalue weighted by Gasteiger charge is -2.36. The van der Waals surface area contributed by atoms with E-state index in [2.05, 4.69) is 207 Å². The Balaban J connectivity index is 1.33. The number of fused-ring (bicyclic) bond motifs is 10. The Bertz CT molecular complexity index is 3060. The Hall–Kier alpha value is -6.20. The summed E-state index contributed by atoms with van der Waals surface area (Å²) in [5.74, 6) is 5.81. The highest BCUT2D eigenvalue weighted by Gasteiger charge is 2.44. The average molecular weight is 853 g/mol. The maximum absolute atomic E-state index is 7.45. The van der Waals surface area contributed by atoms with E-state index in [1.54, 1.807) is 0 Å². The van der Waals surface area contributed by atoms with Crippen molar-refractivity contribution in [2.45, 2.75) is 119 Å². The minimum absolute atomic E-state index is 0.120. The van der Waals surface area contributed by atoms with Crippen LogP contribution >= 0.6 is 0 Å². The first-order chi connectivity index (χ1) is 31.2. The molecule has 7 aromatic carbocycles. The zero-order chi connectivity index (χ0) is 45.3. The van der Waals surface area contributed by atoms with Gasteiger partial charge in [-0.15, -0.1) is 0 Å². The third-order valence-corrected chi connectivity index (χ3v) is 14.7. The largest absolute Gasteiger partial charge is 0.456 e. The van der Waals surface area contributed by atoms with Gasteiger partial charge >= 0.3 is 0 Å². The third kappa shape index (κ3) is 6.39. The van der Waals surface area contributed by atoms with Gasteiger partial charge in [0.25, 0.3) is 6.71 Å². The van der Waals surface area contributed by atoms with Gasteiger partial charge in [0.15, 0.2) is 11.5 Å². The van der Waals surface area contributed by atoms with Gasteiger partial charge in [0, 0.05) is 27.0 Å². The van der Waals surface area contributed by atoms with Crippen LogP contribution < -0.4 is 25.9 Å². The van der Waals surface area contributed by atoms with Crippen molar-refractivity contribution in [1.82, 2.24) is 9.13 Å². The first kappa shape index (κ1) is 41.5. The molecule has 0 atom stereocenters. The number of hydrogen-bond acceptors (Lipinski definition) is 2. The number of nitrogens with zero attached hydrogens (tertiary/aromatic N) is 2. The van der Waals surface area contributed by atoms with Crippen molar-refractivity contribution in [1.29, 1.82) is 0 Å². The minimum Gasteiger partial charge on any atom is -0.456 e. The molecule has 0 amide bonds. The number of benzene rings is 7. The van der Waals surface area contributed by atoms with Gasteiger partial charge in [0.05, 0.1) is 33.4 Å². The second-order valence-corrected chi connectivity index (χ2v) is 20.9. The lowest BCUT2D eigenvalue weighted by molar-refractivity contribution is 0.462. The molecular formula is C60H61BN2O2. The molecule has 0 bridgehead atoms. The molecule has 326 valence electrons. The standard InChI is InChI=1S/C60H61BN2O2/c1-32(2)38-13-19-50-44(25-38)45-26-39(33(3)4)14-20-51(45)62(50)54-31-55(63-52-21-15-40(34(5)6)27-46(52)47-28-41(35(7)8)16-22-53(47)63)60-58-59(54)64-56-23-17-42(36(9)10)29-48(56)61(58)49-30-43(37(11)12)18-24-57(49)65-60/h13-37H,1-12H3. The predicted octanol–water partition coefficient (Wildman–Crippen LogP) is 15.3. The Morgan fingerprint density at radius 3 is 0.908 bits per heavy atom. The van der Waals surface area contributed by atoms with Crippen molar-refractivity contribution in [2.75, 3.05) is 0 Å². The Kier molecular flexibility index (Phi) is 9.70. The predicted molar refractivity (Wildman–Crippen MR) is 277 cm³/mol. The maximum atomic E-state index is 7.45. The number of aromatic nitrogens is 2. The molecule has 2 aliphatic rings. The van der Waals surface area contributed by atoms with E-state index in [-0.39, 0.29) is 6.71 Å². The fourth-order valence-electron chi connectivity index (χ4n) is 10.7. The van der Waals surface area contributed by atoms with Gasteiger partial charge in [0.2, 0.25) is 0 Å². The molecule has 0 spiro atoms. The van der Waals surface area contributed by atoms with Crippen LogP contribution in [0.3, 0.4) is 0 Å². The number of ether oxygens (including phenoxy) is 2. The molecule has 2 aliphatic heterocycles. The summed E-state index contributed by atoms with van der Waals surface area (Å²) >= 11 is 0. The molecule has 0 fully saturated rings. The van der Waals surface area contributed by atoms with Crippen molar-refractivity contribution in [3.05, 3.63) is 149 Å². The molecule has 0 saturated carbocycles. The van der Waals surface area contributed by atoms with Crippen molar-refractivity contribution >= 4 is 66.7 Å². The normalized spacial score (nSPS) is 13.4. The SMILES string of the molecule is CC(C)c1ccc2c(c1)B1c3cc(C(C)C)ccc3Oc3c(-n4c5ccc(C(C)C)cc5c5cc(C(C)C)ccc54)cc(-n4c5ccc(C(C)C)cc5c5cc(C(C)C)ccc54)c(c31)O2. The minimum atomic E-state index is -0.120. The van der Waals surface area contributed by atoms with Crippen molar-refractivity contribution in [3.8, 4) is 34.4 Å². The molecular weight excluding hydrogens is 791 g/mol. The van der Waals surface area contributed by atoms with Gasteiger partial charge in [-0.05, 0) is 147 Å². The summed E-state index contributed by atoms with van der Waals surface area (Å²) in [6.45, 7) is 27.3. The van der Waals surface area contributed by atoms with E-state index in [9.17, 15) is 0 Å². The molecule has 0 N–H and O–H groups in total. The smallest absolute Gasteiger partial charge is 0.260 e. The molecule has 0 radical (unpaired) electrons. The third-order valence-electron chi connectivity index (χ3n) is 14.7. The van der Waals surface area contributed by atoms with Crippen LogP contribution in [0.5, 0.6) is 23.0 Å². The van der Waals surface area contributed by atoms with Crippen molar-refractivity contribution < 1.29 is 9.47 Å². The monoisotopic (exact) mass is 852 g/mol. The lowest BCUT2D eigenvalue weighted by atomic mass is 9.34. The first-order valence-corrected chi connectivity index (χ1v) is 24.2. The topological polar surface area (TPSA) is 28.3 Å². The van der Waals surface area contributed by atoms with Crippen LogP contribution in [0.2, 0.25) is 0 Å². The molecule has 11 rings (SSSR count). The van der Waals surface area contributed by atoms with E-state index in [0.717, 1.165) is 61.9 Å². The molecule has 9 aromatic rings. The summed E-state index contributed by atoms with van der Waals surface area (Å²) < 4.78 is 19.9. The fraction of sp³-hybridized carbons (Fsp3) is 0.300. The quantitative estimate of drug-likeness (QED) is 0.143. The summed E-state index contributed by atoms with van der Waals surface area (Å²) in [7, 11) is 0. The van der Waals surface area contributed by atoms with Crippen LogP contribution in [0.1, 0.15) is 152 Å². The second-order valence-electron chi connectivity index (χ2n) is 20.9. The van der Waals surface area contributed by atoms with E-state index in [0.29, 0.717) is 35.5 Å². The van der Waals surface area contributed by atoms with Gasteiger partial charge in [-0.25, -0.2) is 0 Å². The fourth-order valence-corrected chi connectivity index (χ4v) is 10.7. The Morgan fingerprint density at radius 1 is 0.338 bits per heavy atom. The van der Waals surface area contributed by atoms with Gasteiger partial charge in [-0.2, -0.15) is 0 Å². The molecule has 0 saturated heterocycles. The van der Waals surface area contributed by atoms with Crippen molar-refractivity contribution in [2.24, 2.45) is 0 Å². The second kappa shape index (κ2) is 15.2. The van der Waals surface area contributed by atoms with Gasteiger partial charge in [-0.1, -0.05) is 132 Å². The van der Waals surface area contributed by atoms with E-state index >= 15 is 0 Å².